The number of ether oxygens (including phenoxy) is 1. The molecule has 2 aromatic heterocycles. The third-order valence-corrected chi connectivity index (χ3v) is 6.28. The molecule has 4 aromatic rings. The molecule has 7 nitrogen and oxygen atoms in total. The zero-order chi connectivity index (χ0) is 23.1. The Hall–Kier alpha value is -3.23. The first-order chi connectivity index (χ1) is 16.0. The minimum Gasteiger partial charge on any atom is -0.478 e. The molecular weight excluding hydrogens is 447 g/mol. The number of pyridine rings is 1. The summed E-state index contributed by atoms with van der Waals surface area (Å²) in [5.41, 5.74) is 3.11. The predicted octanol–water partition coefficient (Wildman–Crippen LogP) is 4.85. The van der Waals surface area contributed by atoms with E-state index in [0.717, 1.165) is 23.6 Å². The van der Waals surface area contributed by atoms with Crippen molar-refractivity contribution in [1.82, 2.24) is 14.5 Å². The summed E-state index contributed by atoms with van der Waals surface area (Å²) in [6.07, 6.45) is 3.04. The number of hydrogen-bond acceptors (Lipinski definition) is 5. The predicted molar refractivity (Wildman–Crippen MR) is 125 cm³/mol. The number of carbonyl (C=O) groups is 1. The molecule has 1 N–H and O–H groups in total. The topological polar surface area (TPSA) is 80.5 Å². The highest BCUT2D eigenvalue weighted by Crippen LogP contribution is 2.34. The molecular formula is C24H22ClFN4O3. The monoisotopic (exact) mass is 468 g/mol. The molecule has 9 heteroatoms. The van der Waals surface area contributed by atoms with E-state index >= 15 is 0 Å². The zero-order valence-electron chi connectivity index (χ0n) is 18.0. The van der Waals surface area contributed by atoms with E-state index in [4.69, 9.17) is 21.3 Å². The van der Waals surface area contributed by atoms with Gasteiger partial charge in [0.1, 0.15) is 22.2 Å². The summed E-state index contributed by atoms with van der Waals surface area (Å²) in [4.78, 5) is 23.3. The molecule has 0 saturated carbocycles. The average Bonchev–Trinajstić information content (AvgIpc) is 3.19. The quantitative estimate of drug-likeness (QED) is 0.451. The van der Waals surface area contributed by atoms with Gasteiger partial charge in [0.25, 0.3) is 0 Å². The highest BCUT2D eigenvalue weighted by molar-refractivity contribution is 6.35. The molecule has 5 rings (SSSR count). The van der Waals surface area contributed by atoms with Crippen LogP contribution in [0.1, 0.15) is 29.5 Å². The van der Waals surface area contributed by atoms with Gasteiger partial charge in [-0.15, -0.1) is 0 Å². The first-order valence-corrected chi connectivity index (χ1v) is 11.2. The van der Waals surface area contributed by atoms with Crippen LogP contribution < -0.4 is 4.90 Å². The lowest BCUT2D eigenvalue weighted by molar-refractivity contribution is 0.0699. The zero-order valence-corrected chi connectivity index (χ0v) is 18.8. The highest BCUT2D eigenvalue weighted by atomic mass is 35.5. The lowest BCUT2D eigenvalue weighted by Crippen LogP contribution is -2.36. The molecule has 0 unspecified atom stereocenters. The minimum atomic E-state index is -1.03. The fraction of sp³-hybridized carbons (Fsp3) is 0.292. The summed E-state index contributed by atoms with van der Waals surface area (Å²) in [5.74, 6) is -0.851. The number of anilines is 1. The van der Waals surface area contributed by atoms with Crippen molar-refractivity contribution < 1.29 is 19.0 Å². The Morgan fingerprint density at radius 1 is 1.21 bits per heavy atom. The van der Waals surface area contributed by atoms with Crippen LogP contribution in [0.15, 0.2) is 36.5 Å². The van der Waals surface area contributed by atoms with Crippen LogP contribution in [-0.2, 0) is 11.2 Å². The van der Waals surface area contributed by atoms with Gasteiger partial charge in [-0.25, -0.2) is 14.2 Å². The van der Waals surface area contributed by atoms with E-state index < -0.39 is 11.8 Å². The molecule has 0 atom stereocenters. The number of imidazole rings is 1. The number of aromatic nitrogens is 3. The SMILES string of the molecule is CCCc1nc2c(C(=O)O)cc(N3CCOCC3)cc2n1-c1ccnc2c(Cl)c(F)ccc12. The largest absolute Gasteiger partial charge is 0.478 e. The number of carboxylic acid groups (broad SMARTS) is 1. The van der Waals surface area contributed by atoms with Gasteiger partial charge in [-0.05, 0) is 36.8 Å². The molecule has 0 spiro atoms. The molecule has 0 aliphatic carbocycles. The maximum atomic E-state index is 14.1. The molecule has 2 aromatic carbocycles. The smallest absolute Gasteiger partial charge is 0.338 e. The number of nitrogens with zero attached hydrogens (tertiary/aromatic N) is 4. The van der Waals surface area contributed by atoms with Gasteiger partial charge in [0.15, 0.2) is 0 Å². The van der Waals surface area contributed by atoms with Crippen molar-refractivity contribution in [1.29, 1.82) is 0 Å². The first-order valence-electron chi connectivity index (χ1n) is 10.8. The summed E-state index contributed by atoms with van der Waals surface area (Å²) in [6, 6.07) is 8.43. The maximum absolute atomic E-state index is 14.1. The van der Waals surface area contributed by atoms with E-state index in [1.54, 1.807) is 18.3 Å². The number of aryl methyl sites for hydroxylation is 1. The summed E-state index contributed by atoms with van der Waals surface area (Å²) < 4.78 is 21.5. The van der Waals surface area contributed by atoms with Crippen LogP contribution in [0.2, 0.25) is 5.02 Å². The Kier molecular flexibility index (Phi) is 5.64. The molecule has 33 heavy (non-hydrogen) atoms. The van der Waals surface area contributed by atoms with Crippen molar-refractivity contribution in [3.8, 4) is 5.69 Å². The summed E-state index contributed by atoms with van der Waals surface area (Å²) in [7, 11) is 0. The summed E-state index contributed by atoms with van der Waals surface area (Å²) in [5, 5.41) is 10.6. The molecule has 0 radical (unpaired) electrons. The van der Waals surface area contributed by atoms with Crippen LogP contribution in [0.5, 0.6) is 0 Å². The second-order valence-corrected chi connectivity index (χ2v) is 8.34. The molecule has 1 fully saturated rings. The Labute approximate surface area is 194 Å². The number of fused-ring (bicyclic) bond motifs is 2. The van der Waals surface area contributed by atoms with Crippen LogP contribution in [0.4, 0.5) is 10.1 Å². The van der Waals surface area contributed by atoms with Gasteiger partial charge in [-0.3, -0.25) is 9.55 Å². The molecule has 170 valence electrons. The van der Waals surface area contributed by atoms with Gasteiger partial charge in [0.05, 0.1) is 35.5 Å². The number of rotatable bonds is 5. The summed E-state index contributed by atoms with van der Waals surface area (Å²) in [6.45, 7) is 4.55. The second kappa shape index (κ2) is 8.61. The van der Waals surface area contributed by atoms with E-state index in [0.29, 0.717) is 54.7 Å². The van der Waals surface area contributed by atoms with Crippen LogP contribution in [0.25, 0.3) is 27.6 Å². The van der Waals surface area contributed by atoms with Crippen molar-refractivity contribution in [2.24, 2.45) is 0 Å². The van der Waals surface area contributed by atoms with Crippen molar-refractivity contribution >= 4 is 45.2 Å². The third kappa shape index (κ3) is 3.69. The average molecular weight is 469 g/mol. The van der Waals surface area contributed by atoms with Crippen molar-refractivity contribution in [3.05, 3.63) is 58.8 Å². The number of halogens is 2. The second-order valence-electron chi connectivity index (χ2n) is 7.97. The van der Waals surface area contributed by atoms with Crippen LogP contribution >= 0.6 is 11.6 Å². The lowest BCUT2D eigenvalue weighted by atomic mass is 10.1. The molecule has 1 aliphatic rings. The number of carboxylic acids is 1. The number of benzene rings is 2. The Bertz CT molecular complexity index is 1380. The van der Waals surface area contributed by atoms with E-state index in [1.807, 2.05) is 23.6 Å². The Morgan fingerprint density at radius 3 is 2.73 bits per heavy atom. The van der Waals surface area contributed by atoms with Crippen LogP contribution in [0, 0.1) is 5.82 Å². The third-order valence-electron chi connectivity index (χ3n) is 5.92. The fourth-order valence-electron chi connectivity index (χ4n) is 4.38. The van der Waals surface area contributed by atoms with Gasteiger partial charge in [-0.1, -0.05) is 18.5 Å². The standard InChI is InChI=1S/C24H22ClFN4O3/c1-2-3-20-28-22-16(24(31)32)12-14(29-8-10-33-11-9-29)13-19(22)30(20)18-6-7-27-23-15(18)4-5-17(26)21(23)25/h4-7,12-13H,2-3,8-11H2,1H3,(H,31,32). The van der Waals surface area contributed by atoms with E-state index in [-0.39, 0.29) is 10.6 Å². The van der Waals surface area contributed by atoms with Gasteiger partial charge in [0.2, 0.25) is 0 Å². The lowest BCUT2D eigenvalue weighted by Gasteiger charge is -2.29. The van der Waals surface area contributed by atoms with Crippen LogP contribution in [-0.4, -0.2) is 51.9 Å². The van der Waals surface area contributed by atoms with Gasteiger partial charge in [-0.2, -0.15) is 0 Å². The number of aromatic carboxylic acids is 1. The number of hydrogen-bond donors (Lipinski definition) is 1. The summed E-state index contributed by atoms with van der Waals surface area (Å²) >= 11 is 6.21. The minimum absolute atomic E-state index is 0.0453. The van der Waals surface area contributed by atoms with Crippen molar-refractivity contribution in [3.63, 3.8) is 0 Å². The van der Waals surface area contributed by atoms with E-state index in [2.05, 4.69) is 9.88 Å². The van der Waals surface area contributed by atoms with Crippen molar-refractivity contribution in [2.45, 2.75) is 19.8 Å². The first kappa shape index (κ1) is 21.6. The van der Waals surface area contributed by atoms with Gasteiger partial charge < -0.3 is 14.7 Å². The van der Waals surface area contributed by atoms with Crippen molar-refractivity contribution in [2.75, 3.05) is 31.2 Å². The molecule has 1 saturated heterocycles. The molecule has 3 heterocycles. The highest BCUT2D eigenvalue weighted by Gasteiger charge is 2.23. The van der Waals surface area contributed by atoms with Gasteiger partial charge >= 0.3 is 5.97 Å². The molecule has 1 aliphatic heterocycles. The molecule has 0 bridgehead atoms. The Morgan fingerprint density at radius 2 is 2.00 bits per heavy atom. The van der Waals surface area contributed by atoms with Crippen LogP contribution in [0.3, 0.4) is 0 Å². The van der Waals surface area contributed by atoms with Gasteiger partial charge in [0, 0.05) is 36.8 Å². The van der Waals surface area contributed by atoms with E-state index in [1.165, 1.54) is 6.07 Å². The number of morpholine rings is 1. The fourth-order valence-corrected chi connectivity index (χ4v) is 4.59. The van der Waals surface area contributed by atoms with E-state index in [9.17, 15) is 14.3 Å². The molecule has 0 amide bonds. The normalized spacial score (nSPS) is 14.3. The Balaban J connectivity index is 1.84. The maximum Gasteiger partial charge on any atom is 0.338 e.